The number of nitrogens with one attached hydrogen (secondary N) is 2. The number of carbonyl (C=O) groups is 1. The number of nitrogen functional groups attached to an aromatic ring is 1. The Kier molecular flexibility index (Phi) is 7.38. The summed E-state index contributed by atoms with van der Waals surface area (Å²) in [6.45, 7) is 0.735. The van der Waals surface area contributed by atoms with Crippen molar-refractivity contribution >= 4 is 28.7 Å². The number of anilines is 2. The third kappa shape index (κ3) is 5.75. The molecule has 12 nitrogen and oxygen atoms in total. The zero-order valence-electron chi connectivity index (χ0n) is 23.9. The number of aromatic amines is 1. The first kappa shape index (κ1) is 29.3. The van der Waals surface area contributed by atoms with Crippen molar-refractivity contribution in [1.82, 2.24) is 39.4 Å². The van der Waals surface area contributed by atoms with Crippen LogP contribution in [0.15, 0.2) is 83.9 Å². The van der Waals surface area contributed by atoms with Crippen LogP contribution in [-0.2, 0) is 12.7 Å². The lowest BCUT2D eigenvalue weighted by Gasteiger charge is -2.15. The predicted octanol–water partition coefficient (Wildman–Crippen LogP) is 4.78. The van der Waals surface area contributed by atoms with Crippen LogP contribution in [0, 0.1) is 0 Å². The summed E-state index contributed by atoms with van der Waals surface area (Å²) in [6, 6.07) is 20.1. The van der Waals surface area contributed by atoms with Gasteiger partial charge in [0, 0.05) is 17.8 Å². The summed E-state index contributed by atoms with van der Waals surface area (Å²) in [7, 11) is 3.96. The van der Waals surface area contributed by atoms with E-state index in [-0.39, 0.29) is 17.5 Å². The molecule has 0 spiro atoms. The van der Waals surface area contributed by atoms with Crippen LogP contribution in [0.2, 0.25) is 0 Å². The smallest absolute Gasteiger partial charge is 0.368 e. The standard InChI is InChI=1S/C30H25F3N10O2/c1-41(2)15-19-6-3-4-9-22(19)17-10-12-20(13-11-17)36-29(45)42-16-35-23-24(27(42)44)43(40-25(23)30(31,32)33)21-8-5-7-18(14-21)26-37-28(34)39-38-26/h3-14,16H,15H2,1-2H3,(H,36,45)(H3,34,37,38,39). The van der Waals surface area contributed by atoms with E-state index in [9.17, 15) is 22.8 Å². The molecular formula is C30H25F3N10O2. The van der Waals surface area contributed by atoms with Gasteiger partial charge in [-0.25, -0.2) is 19.0 Å². The maximum atomic E-state index is 14.0. The molecule has 0 bridgehead atoms. The Hall–Kier alpha value is -5.83. The van der Waals surface area contributed by atoms with Crippen LogP contribution in [0.5, 0.6) is 0 Å². The molecule has 4 N–H and O–H groups in total. The molecule has 0 atom stereocenters. The average Bonchev–Trinajstić information content (AvgIpc) is 3.62. The fourth-order valence-corrected chi connectivity index (χ4v) is 4.92. The van der Waals surface area contributed by atoms with Crippen molar-refractivity contribution in [2.24, 2.45) is 0 Å². The number of benzene rings is 3. The van der Waals surface area contributed by atoms with Crippen molar-refractivity contribution in [2.75, 3.05) is 25.1 Å². The zero-order chi connectivity index (χ0) is 31.9. The minimum Gasteiger partial charge on any atom is -0.368 e. The van der Waals surface area contributed by atoms with Crippen molar-refractivity contribution in [1.29, 1.82) is 0 Å². The van der Waals surface area contributed by atoms with E-state index < -0.39 is 34.5 Å². The zero-order valence-corrected chi connectivity index (χ0v) is 23.9. The van der Waals surface area contributed by atoms with Crippen LogP contribution in [0.25, 0.3) is 39.2 Å². The lowest BCUT2D eigenvalue weighted by atomic mass is 9.99. The minimum atomic E-state index is -4.93. The Bertz CT molecular complexity index is 2100. The van der Waals surface area contributed by atoms with E-state index in [2.05, 4.69) is 35.5 Å². The molecular weight excluding hydrogens is 589 g/mol. The highest BCUT2D eigenvalue weighted by Gasteiger charge is 2.39. The molecule has 6 rings (SSSR count). The Balaban J connectivity index is 1.36. The number of aromatic nitrogens is 7. The first-order valence-electron chi connectivity index (χ1n) is 13.5. The number of fused-ring (bicyclic) bond motifs is 1. The molecule has 0 aliphatic heterocycles. The first-order valence-corrected chi connectivity index (χ1v) is 13.5. The van der Waals surface area contributed by atoms with E-state index in [0.29, 0.717) is 15.8 Å². The van der Waals surface area contributed by atoms with Crippen LogP contribution >= 0.6 is 0 Å². The van der Waals surface area contributed by atoms with Crippen LogP contribution in [-0.4, -0.2) is 59.5 Å². The van der Waals surface area contributed by atoms with Crippen molar-refractivity contribution in [3.63, 3.8) is 0 Å². The van der Waals surface area contributed by atoms with Gasteiger partial charge in [-0.2, -0.15) is 18.3 Å². The molecule has 1 amide bonds. The largest absolute Gasteiger partial charge is 0.437 e. The molecule has 0 fully saturated rings. The molecule has 0 saturated carbocycles. The number of alkyl halides is 3. The topological polar surface area (TPSA) is 153 Å². The number of hydrogen-bond donors (Lipinski definition) is 3. The van der Waals surface area contributed by atoms with Crippen LogP contribution in [0.4, 0.5) is 29.6 Å². The SMILES string of the molecule is CN(C)Cc1ccccc1-c1ccc(NC(=O)n2cnc3c(C(F)(F)F)nn(-c4cccc(-c5nnc(N)[nH]5)c4)c3c2=O)cc1. The Morgan fingerprint density at radius 3 is 2.44 bits per heavy atom. The highest BCUT2D eigenvalue weighted by molar-refractivity contribution is 5.93. The van der Waals surface area contributed by atoms with Gasteiger partial charge in [0.1, 0.15) is 11.8 Å². The molecule has 228 valence electrons. The first-order chi connectivity index (χ1) is 21.5. The molecule has 15 heteroatoms. The van der Waals surface area contributed by atoms with E-state index >= 15 is 0 Å². The third-order valence-corrected chi connectivity index (χ3v) is 6.89. The highest BCUT2D eigenvalue weighted by Crippen LogP contribution is 2.33. The highest BCUT2D eigenvalue weighted by atomic mass is 19.4. The summed E-state index contributed by atoms with van der Waals surface area (Å²) >= 11 is 0. The van der Waals surface area contributed by atoms with Crippen LogP contribution in [0.1, 0.15) is 11.3 Å². The van der Waals surface area contributed by atoms with Gasteiger partial charge in [0.25, 0.3) is 5.56 Å². The van der Waals surface area contributed by atoms with E-state index in [1.807, 2.05) is 50.5 Å². The Labute approximate surface area is 253 Å². The monoisotopic (exact) mass is 614 g/mol. The number of nitrogens with zero attached hydrogens (tertiary/aromatic N) is 7. The Morgan fingerprint density at radius 1 is 1.00 bits per heavy atom. The number of carbonyl (C=O) groups excluding carboxylic acids is 1. The average molecular weight is 615 g/mol. The third-order valence-electron chi connectivity index (χ3n) is 6.89. The van der Waals surface area contributed by atoms with Gasteiger partial charge in [-0.1, -0.05) is 48.5 Å². The van der Waals surface area contributed by atoms with Crippen LogP contribution in [0.3, 0.4) is 0 Å². The summed E-state index contributed by atoms with van der Waals surface area (Å²) in [6.07, 6.45) is -4.18. The van der Waals surface area contributed by atoms with Gasteiger partial charge in [0.15, 0.2) is 17.0 Å². The molecule has 45 heavy (non-hydrogen) atoms. The number of H-pyrrole nitrogens is 1. The molecule has 0 saturated heterocycles. The van der Waals surface area contributed by atoms with Crippen molar-refractivity contribution in [2.45, 2.75) is 12.7 Å². The van der Waals surface area contributed by atoms with E-state index in [0.717, 1.165) is 34.2 Å². The molecule has 0 unspecified atom stereocenters. The van der Waals surface area contributed by atoms with Crippen molar-refractivity contribution in [3.8, 4) is 28.2 Å². The summed E-state index contributed by atoms with van der Waals surface area (Å²) in [5.74, 6) is 0.296. The fourth-order valence-electron chi connectivity index (χ4n) is 4.92. The molecule has 0 aliphatic rings. The molecule has 3 heterocycles. The van der Waals surface area contributed by atoms with Crippen molar-refractivity contribution < 1.29 is 18.0 Å². The molecule has 0 aliphatic carbocycles. The minimum absolute atomic E-state index is 0.0428. The summed E-state index contributed by atoms with van der Waals surface area (Å²) in [5, 5.41) is 13.9. The normalized spacial score (nSPS) is 11.8. The van der Waals surface area contributed by atoms with Gasteiger partial charge in [0.05, 0.1) is 5.69 Å². The second-order valence-electron chi connectivity index (χ2n) is 10.4. The molecule has 6 aromatic rings. The van der Waals surface area contributed by atoms with Gasteiger partial charge in [0.2, 0.25) is 5.95 Å². The number of hydrogen-bond acceptors (Lipinski definition) is 8. The molecule has 3 aromatic heterocycles. The van der Waals surface area contributed by atoms with Crippen LogP contribution < -0.4 is 16.6 Å². The number of nitrogens with two attached hydrogens (primary N) is 1. The maximum absolute atomic E-state index is 14.0. The number of amides is 1. The molecule has 3 aromatic carbocycles. The van der Waals surface area contributed by atoms with Gasteiger partial charge in [-0.05, 0) is 55.1 Å². The van der Waals surface area contributed by atoms with Gasteiger partial charge in [-0.15, -0.1) is 10.2 Å². The second kappa shape index (κ2) is 11.3. The summed E-state index contributed by atoms with van der Waals surface area (Å²) < 4.78 is 43.3. The number of halogens is 3. The van der Waals surface area contributed by atoms with Gasteiger partial charge >= 0.3 is 12.2 Å². The van der Waals surface area contributed by atoms with Gasteiger partial charge < -0.3 is 20.9 Å². The maximum Gasteiger partial charge on any atom is 0.437 e. The van der Waals surface area contributed by atoms with E-state index in [4.69, 9.17) is 5.73 Å². The Morgan fingerprint density at radius 2 is 1.76 bits per heavy atom. The lowest BCUT2D eigenvalue weighted by Crippen LogP contribution is -2.32. The van der Waals surface area contributed by atoms with E-state index in [1.54, 1.807) is 18.2 Å². The fraction of sp³-hybridized carbons (Fsp3) is 0.133. The predicted molar refractivity (Wildman–Crippen MR) is 162 cm³/mol. The number of rotatable bonds is 6. The molecule has 0 radical (unpaired) electrons. The van der Waals surface area contributed by atoms with Gasteiger partial charge in [-0.3, -0.25) is 4.79 Å². The van der Waals surface area contributed by atoms with Crippen molar-refractivity contribution in [3.05, 3.63) is 101 Å². The summed E-state index contributed by atoms with van der Waals surface area (Å²) in [4.78, 5) is 35.5. The summed E-state index contributed by atoms with van der Waals surface area (Å²) in [5.41, 5.74) is 5.88. The quantitative estimate of drug-likeness (QED) is 0.243. The lowest BCUT2D eigenvalue weighted by molar-refractivity contribution is -0.140. The second-order valence-corrected chi connectivity index (χ2v) is 10.4. The van der Waals surface area contributed by atoms with E-state index in [1.165, 1.54) is 18.2 Å².